The van der Waals surface area contributed by atoms with Crippen molar-refractivity contribution in [2.75, 3.05) is 0 Å². The first-order chi connectivity index (χ1) is 8.63. The molecule has 3 rings (SSSR count). The van der Waals surface area contributed by atoms with Gasteiger partial charge in [0.05, 0.1) is 16.7 Å². The number of aromatic nitrogens is 3. The Hall–Kier alpha value is -2.16. The van der Waals surface area contributed by atoms with Crippen LogP contribution in [0.5, 0.6) is 0 Å². The smallest absolute Gasteiger partial charge is 0.126 e. The standard InChI is InChI=1S/C15H15N3/c1-9-4-6-12(7-5-9)13-8-14-15(18-13)10(2)16-11(3)17-14/h4-8,18H,1-3H3. The van der Waals surface area contributed by atoms with Crippen LogP contribution in [0, 0.1) is 20.8 Å². The van der Waals surface area contributed by atoms with E-state index in [9.17, 15) is 0 Å². The molecule has 18 heavy (non-hydrogen) atoms. The highest BCUT2D eigenvalue weighted by Crippen LogP contribution is 2.24. The highest BCUT2D eigenvalue weighted by atomic mass is 14.9. The summed E-state index contributed by atoms with van der Waals surface area (Å²) < 4.78 is 0. The van der Waals surface area contributed by atoms with E-state index in [0.717, 1.165) is 28.2 Å². The first-order valence-electron chi connectivity index (χ1n) is 6.04. The van der Waals surface area contributed by atoms with Crippen molar-refractivity contribution in [3.8, 4) is 11.3 Å². The van der Waals surface area contributed by atoms with Gasteiger partial charge in [-0.3, -0.25) is 0 Å². The molecule has 3 nitrogen and oxygen atoms in total. The molecule has 0 aliphatic carbocycles. The van der Waals surface area contributed by atoms with E-state index in [4.69, 9.17) is 0 Å². The summed E-state index contributed by atoms with van der Waals surface area (Å²) in [6.07, 6.45) is 0. The molecule has 1 N–H and O–H groups in total. The fourth-order valence-corrected chi connectivity index (χ4v) is 2.19. The van der Waals surface area contributed by atoms with Gasteiger partial charge in [-0.2, -0.15) is 0 Å². The van der Waals surface area contributed by atoms with Crippen molar-refractivity contribution < 1.29 is 0 Å². The molecule has 0 atom stereocenters. The van der Waals surface area contributed by atoms with Gasteiger partial charge in [0.25, 0.3) is 0 Å². The van der Waals surface area contributed by atoms with Crippen molar-refractivity contribution in [3.63, 3.8) is 0 Å². The second kappa shape index (κ2) is 3.95. The summed E-state index contributed by atoms with van der Waals surface area (Å²) in [6.45, 7) is 6.02. The maximum atomic E-state index is 4.46. The maximum absolute atomic E-state index is 4.46. The highest BCUT2D eigenvalue weighted by Gasteiger charge is 2.07. The molecule has 2 aromatic heterocycles. The van der Waals surface area contributed by atoms with Gasteiger partial charge in [0, 0.05) is 5.69 Å². The third-order valence-corrected chi connectivity index (χ3v) is 3.13. The van der Waals surface area contributed by atoms with Gasteiger partial charge in [-0.05, 0) is 32.4 Å². The number of aromatic amines is 1. The number of benzene rings is 1. The maximum Gasteiger partial charge on any atom is 0.126 e. The first-order valence-corrected chi connectivity index (χ1v) is 6.04. The van der Waals surface area contributed by atoms with Crippen molar-refractivity contribution in [1.29, 1.82) is 0 Å². The third kappa shape index (κ3) is 1.78. The molecular weight excluding hydrogens is 222 g/mol. The second-order valence-electron chi connectivity index (χ2n) is 4.67. The SMILES string of the molecule is Cc1ccc(-c2cc3nc(C)nc(C)c3[nH]2)cc1. The van der Waals surface area contributed by atoms with Crippen LogP contribution >= 0.6 is 0 Å². The quantitative estimate of drug-likeness (QED) is 0.703. The molecule has 0 bridgehead atoms. The van der Waals surface area contributed by atoms with E-state index < -0.39 is 0 Å². The largest absolute Gasteiger partial charge is 0.352 e. The molecule has 0 spiro atoms. The highest BCUT2D eigenvalue weighted by molar-refractivity contribution is 5.84. The lowest BCUT2D eigenvalue weighted by Crippen LogP contribution is -1.91. The number of hydrogen-bond donors (Lipinski definition) is 1. The average molecular weight is 237 g/mol. The summed E-state index contributed by atoms with van der Waals surface area (Å²) in [4.78, 5) is 12.2. The Kier molecular flexibility index (Phi) is 2.40. The lowest BCUT2D eigenvalue weighted by Gasteiger charge is -1.98. The second-order valence-corrected chi connectivity index (χ2v) is 4.67. The predicted octanol–water partition coefficient (Wildman–Crippen LogP) is 3.55. The number of H-pyrrole nitrogens is 1. The van der Waals surface area contributed by atoms with Crippen molar-refractivity contribution in [3.05, 3.63) is 47.4 Å². The van der Waals surface area contributed by atoms with Crippen LogP contribution < -0.4 is 0 Å². The number of nitrogens with one attached hydrogen (secondary N) is 1. The minimum absolute atomic E-state index is 0.814. The molecule has 3 aromatic rings. The molecule has 0 fully saturated rings. The van der Waals surface area contributed by atoms with E-state index in [-0.39, 0.29) is 0 Å². The first kappa shape index (κ1) is 11.0. The summed E-state index contributed by atoms with van der Waals surface area (Å²) in [5.74, 6) is 0.814. The third-order valence-electron chi connectivity index (χ3n) is 3.13. The van der Waals surface area contributed by atoms with E-state index in [1.807, 2.05) is 13.8 Å². The summed E-state index contributed by atoms with van der Waals surface area (Å²) in [5, 5.41) is 0. The van der Waals surface area contributed by atoms with Gasteiger partial charge >= 0.3 is 0 Å². The molecule has 90 valence electrons. The van der Waals surface area contributed by atoms with Crippen molar-refractivity contribution >= 4 is 11.0 Å². The normalized spacial score (nSPS) is 11.1. The molecule has 2 heterocycles. The van der Waals surface area contributed by atoms with Crippen LogP contribution in [-0.4, -0.2) is 15.0 Å². The number of hydrogen-bond acceptors (Lipinski definition) is 2. The zero-order valence-electron chi connectivity index (χ0n) is 10.8. The van der Waals surface area contributed by atoms with Gasteiger partial charge in [-0.25, -0.2) is 9.97 Å². The zero-order chi connectivity index (χ0) is 12.7. The van der Waals surface area contributed by atoms with Crippen LogP contribution in [0.1, 0.15) is 17.1 Å². The fourth-order valence-electron chi connectivity index (χ4n) is 2.19. The van der Waals surface area contributed by atoms with Gasteiger partial charge in [0.15, 0.2) is 0 Å². The van der Waals surface area contributed by atoms with Gasteiger partial charge in [0.2, 0.25) is 0 Å². The van der Waals surface area contributed by atoms with E-state index in [2.05, 4.69) is 52.2 Å². The Bertz CT molecular complexity index is 708. The predicted molar refractivity (Wildman–Crippen MR) is 73.5 cm³/mol. The minimum atomic E-state index is 0.814. The molecule has 0 radical (unpaired) electrons. The zero-order valence-corrected chi connectivity index (χ0v) is 10.8. The van der Waals surface area contributed by atoms with Crippen LogP contribution in [-0.2, 0) is 0 Å². The Balaban J connectivity index is 2.19. The van der Waals surface area contributed by atoms with E-state index in [1.165, 1.54) is 11.1 Å². The minimum Gasteiger partial charge on any atom is -0.352 e. The number of nitrogens with zero attached hydrogens (tertiary/aromatic N) is 2. The van der Waals surface area contributed by atoms with Crippen LogP contribution in [0.3, 0.4) is 0 Å². The Labute approximate surface area is 106 Å². The van der Waals surface area contributed by atoms with Crippen LogP contribution in [0.25, 0.3) is 22.3 Å². The molecule has 1 aromatic carbocycles. The topological polar surface area (TPSA) is 41.6 Å². The molecule has 0 aliphatic rings. The lowest BCUT2D eigenvalue weighted by atomic mass is 10.1. The Morgan fingerprint density at radius 1 is 0.944 bits per heavy atom. The average Bonchev–Trinajstić information content (AvgIpc) is 2.74. The van der Waals surface area contributed by atoms with Gasteiger partial charge in [0.1, 0.15) is 5.82 Å². The molecule has 0 unspecified atom stereocenters. The molecule has 0 saturated carbocycles. The Morgan fingerprint density at radius 2 is 1.67 bits per heavy atom. The lowest BCUT2D eigenvalue weighted by molar-refractivity contribution is 1.05. The van der Waals surface area contributed by atoms with Crippen LogP contribution in [0.4, 0.5) is 0 Å². The Morgan fingerprint density at radius 3 is 2.39 bits per heavy atom. The number of aryl methyl sites for hydroxylation is 3. The van der Waals surface area contributed by atoms with Crippen molar-refractivity contribution in [2.24, 2.45) is 0 Å². The molecule has 3 heteroatoms. The van der Waals surface area contributed by atoms with Gasteiger partial charge < -0.3 is 4.98 Å². The number of rotatable bonds is 1. The number of fused-ring (bicyclic) bond motifs is 1. The summed E-state index contributed by atoms with van der Waals surface area (Å²) in [5.41, 5.74) is 6.54. The van der Waals surface area contributed by atoms with Crippen molar-refractivity contribution in [2.45, 2.75) is 20.8 Å². The monoisotopic (exact) mass is 237 g/mol. The van der Waals surface area contributed by atoms with E-state index in [1.54, 1.807) is 0 Å². The van der Waals surface area contributed by atoms with Crippen LogP contribution in [0.15, 0.2) is 30.3 Å². The summed E-state index contributed by atoms with van der Waals surface area (Å²) >= 11 is 0. The molecule has 0 aliphatic heterocycles. The fraction of sp³-hybridized carbons (Fsp3) is 0.200. The van der Waals surface area contributed by atoms with Gasteiger partial charge in [-0.15, -0.1) is 0 Å². The summed E-state index contributed by atoms with van der Waals surface area (Å²) in [6, 6.07) is 10.6. The van der Waals surface area contributed by atoms with E-state index >= 15 is 0 Å². The van der Waals surface area contributed by atoms with Crippen LogP contribution in [0.2, 0.25) is 0 Å². The van der Waals surface area contributed by atoms with Gasteiger partial charge in [-0.1, -0.05) is 29.8 Å². The molecule has 0 amide bonds. The van der Waals surface area contributed by atoms with E-state index in [0.29, 0.717) is 0 Å². The molecular formula is C15H15N3. The molecule has 0 saturated heterocycles. The summed E-state index contributed by atoms with van der Waals surface area (Å²) in [7, 11) is 0. The van der Waals surface area contributed by atoms with Crippen molar-refractivity contribution in [1.82, 2.24) is 15.0 Å².